The van der Waals surface area contributed by atoms with E-state index in [0.717, 1.165) is 5.56 Å². The maximum absolute atomic E-state index is 12.5. The normalized spacial score (nSPS) is 12.9. The number of ether oxygens (including phenoxy) is 1. The van der Waals surface area contributed by atoms with E-state index in [1.54, 1.807) is 36.4 Å². The van der Waals surface area contributed by atoms with E-state index in [2.05, 4.69) is 0 Å². The summed E-state index contributed by atoms with van der Waals surface area (Å²) in [6.45, 7) is 1.88. The molecule has 0 aliphatic heterocycles. The van der Waals surface area contributed by atoms with Crippen LogP contribution in [0.1, 0.15) is 37.4 Å². The van der Waals surface area contributed by atoms with Crippen molar-refractivity contribution in [3.8, 4) is 5.75 Å². The minimum Gasteiger partial charge on any atom is -0.496 e. The van der Waals surface area contributed by atoms with Crippen LogP contribution in [0.4, 0.5) is 0 Å². The van der Waals surface area contributed by atoms with Crippen molar-refractivity contribution in [1.29, 1.82) is 0 Å². The molecule has 19 heavy (non-hydrogen) atoms. The molecule has 0 radical (unpaired) electrons. The number of carbonyl (C=O) groups excluding carboxylic acids is 2. The Morgan fingerprint density at radius 3 is 2.16 bits per heavy atom. The van der Waals surface area contributed by atoms with E-state index in [4.69, 9.17) is 4.74 Å². The Kier molecular flexibility index (Phi) is 2.49. The molecule has 94 valence electrons. The monoisotopic (exact) mass is 252 g/mol. The number of ketones is 2. The van der Waals surface area contributed by atoms with Crippen LogP contribution in [-0.4, -0.2) is 18.7 Å². The molecule has 1 aliphatic rings. The molecular weight excluding hydrogens is 240 g/mol. The molecule has 3 heteroatoms. The Morgan fingerprint density at radius 1 is 0.895 bits per heavy atom. The average Bonchev–Trinajstić information content (AvgIpc) is 2.43. The van der Waals surface area contributed by atoms with Crippen molar-refractivity contribution in [3.63, 3.8) is 0 Å². The topological polar surface area (TPSA) is 43.4 Å². The summed E-state index contributed by atoms with van der Waals surface area (Å²) >= 11 is 0. The number of hydrogen-bond acceptors (Lipinski definition) is 3. The zero-order valence-corrected chi connectivity index (χ0v) is 10.7. The summed E-state index contributed by atoms with van der Waals surface area (Å²) in [7, 11) is 1.51. The number of fused-ring (bicyclic) bond motifs is 2. The van der Waals surface area contributed by atoms with E-state index in [0.29, 0.717) is 28.0 Å². The van der Waals surface area contributed by atoms with E-state index >= 15 is 0 Å². The molecule has 0 atom stereocenters. The highest BCUT2D eigenvalue weighted by Gasteiger charge is 2.32. The molecule has 1 aliphatic carbocycles. The van der Waals surface area contributed by atoms with E-state index in [-0.39, 0.29) is 11.6 Å². The predicted molar refractivity (Wildman–Crippen MR) is 71.0 cm³/mol. The van der Waals surface area contributed by atoms with Crippen LogP contribution in [0.5, 0.6) is 5.75 Å². The molecule has 0 fully saturated rings. The lowest BCUT2D eigenvalue weighted by Gasteiger charge is -2.20. The number of aryl methyl sites for hydroxylation is 1. The van der Waals surface area contributed by atoms with Crippen molar-refractivity contribution in [3.05, 3.63) is 64.2 Å². The maximum atomic E-state index is 12.5. The van der Waals surface area contributed by atoms with Gasteiger partial charge in [0, 0.05) is 16.7 Å². The van der Waals surface area contributed by atoms with Gasteiger partial charge in [-0.2, -0.15) is 0 Å². The Labute approximate surface area is 110 Å². The summed E-state index contributed by atoms with van der Waals surface area (Å²) in [5.74, 6) is 0.192. The van der Waals surface area contributed by atoms with Crippen molar-refractivity contribution in [1.82, 2.24) is 0 Å². The zero-order valence-electron chi connectivity index (χ0n) is 10.7. The summed E-state index contributed by atoms with van der Waals surface area (Å²) < 4.78 is 5.25. The second kappa shape index (κ2) is 4.05. The zero-order chi connectivity index (χ0) is 13.6. The average molecular weight is 252 g/mol. The lowest BCUT2D eigenvalue weighted by Crippen LogP contribution is -2.21. The first-order valence-electron chi connectivity index (χ1n) is 6.00. The van der Waals surface area contributed by atoms with Gasteiger partial charge in [-0.1, -0.05) is 24.3 Å². The first-order valence-corrected chi connectivity index (χ1v) is 6.00. The van der Waals surface area contributed by atoms with Crippen LogP contribution in [0.25, 0.3) is 0 Å². The number of benzene rings is 2. The lowest BCUT2D eigenvalue weighted by atomic mass is 9.83. The third-order valence-corrected chi connectivity index (χ3v) is 3.35. The highest BCUT2D eigenvalue weighted by atomic mass is 16.5. The molecule has 0 spiro atoms. The number of methoxy groups -OCH3 is 1. The molecule has 0 heterocycles. The molecular formula is C16H12O3. The van der Waals surface area contributed by atoms with E-state index in [1.807, 2.05) is 6.92 Å². The van der Waals surface area contributed by atoms with Gasteiger partial charge in [0.25, 0.3) is 0 Å². The molecule has 2 aromatic carbocycles. The predicted octanol–water partition coefficient (Wildman–Crippen LogP) is 2.78. The van der Waals surface area contributed by atoms with E-state index in [1.165, 1.54) is 7.11 Å². The van der Waals surface area contributed by atoms with Gasteiger partial charge in [0.15, 0.2) is 11.6 Å². The van der Waals surface area contributed by atoms with Crippen LogP contribution in [0.2, 0.25) is 0 Å². The Hall–Kier alpha value is -2.42. The van der Waals surface area contributed by atoms with Gasteiger partial charge in [0.1, 0.15) is 5.75 Å². The molecule has 0 aromatic heterocycles. The van der Waals surface area contributed by atoms with Gasteiger partial charge in [0.2, 0.25) is 0 Å². The summed E-state index contributed by atoms with van der Waals surface area (Å²) in [4.78, 5) is 25.0. The largest absolute Gasteiger partial charge is 0.496 e. The van der Waals surface area contributed by atoms with Crippen molar-refractivity contribution in [2.24, 2.45) is 0 Å². The van der Waals surface area contributed by atoms with Gasteiger partial charge in [-0.25, -0.2) is 0 Å². The minimum atomic E-state index is -0.151. The quantitative estimate of drug-likeness (QED) is 0.669. The second-order valence-corrected chi connectivity index (χ2v) is 4.59. The summed E-state index contributed by atoms with van der Waals surface area (Å²) in [5.41, 5.74) is 2.61. The number of hydrogen-bond donors (Lipinski definition) is 0. The fourth-order valence-corrected chi connectivity index (χ4v) is 2.49. The Bertz CT molecular complexity index is 714. The number of rotatable bonds is 1. The standard InChI is InChI=1S/C16H12O3/c1-9-7-12-14(13(8-9)19-2)16(18)11-6-4-3-5-10(11)15(12)17/h3-8H,1-2H3. The molecule has 0 saturated carbocycles. The Morgan fingerprint density at radius 2 is 1.53 bits per heavy atom. The summed E-state index contributed by atoms with van der Waals surface area (Å²) in [6, 6.07) is 10.4. The molecule has 0 bridgehead atoms. The van der Waals surface area contributed by atoms with Crippen molar-refractivity contribution >= 4 is 11.6 Å². The highest BCUT2D eigenvalue weighted by Crippen LogP contribution is 2.33. The summed E-state index contributed by atoms with van der Waals surface area (Å²) in [5, 5.41) is 0. The summed E-state index contributed by atoms with van der Waals surface area (Å²) in [6.07, 6.45) is 0. The van der Waals surface area contributed by atoms with Crippen molar-refractivity contribution < 1.29 is 14.3 Å². The number of carbonyl (C=O) groups is 2. The van der Waals surface area contributed by atoms with Gasteiger partial charge in [-0.15, -0.1) is 0 Å². The van der Waals surface area contributed by atoms with Gasteiger partial charge in [-0.3, -0.25) is 9.59 Å². The van der Waals surface area contributed by atoms with Gasteiger partial charge in [0.05, 0.1) is 12.7 Å². The van der Waals surface area contributed by atoms with Crippen LogP contribution < -0.4 is 4.74 Å². The maximum Gasteiger partial charge on any atom is 0.198 e. The van der Waals surface area contributed by atoms with E-state index < -0.39 is 0 Å². The van der Waals surface area contributed by atoms with Crippen LogP contribution in [-0.2, 0) is 0 Å². The molecule has 0 unspecified atom stereocenters. The second-order valence-electron chi connectivity index (χ2n) is 4.59. The third kappa shape index (κ3) is 1.58. The van der Waals surface area contributed by atoms with Crippen molar-refractivity contribution in [2.75, 3.05) is 7.11 Å². The molecule has 0 N–H and O–H groups in total. The van der Waals surface area contributed by atoms with Crippen molar-refractivity contribution in [2.45, 2.75) is 6.92 Å². The van der Waals surface area contributed by atoms with Crippen LogP contribution in [0, 0.1) is 6.92 Å². The van der Waals surface area contributed by atoms with E-state index in [9.17, 15) is 9.59 Å². The van der Waals surface area contributed by atoms with Gasteiger partial charge >= 0.3 is 0 Å². The fourth-order valence-electron chi connectivity index (χ4n) is 2.49. The fraction of sp³-hybridized carbons (Fsp3) is 0.125. The minimum absolute atomic E-state index is 0.118. The molecule has 3 nitrogen and oxygen atoms in total. The molecule has 0 amide bonds. The smallest absolute Gasteiger partial charge is 0.198 e. The third-order valence-electron chi connectivity index (χ3n) is 3.35. The first-order chi connectivity index (χ1) is 9.13. The highest BCUT2D eigenvalue weighted by molar-refractivity contribution is 6.29. The molecule has 2 aromatic rings. The molecule has 3 rings (SSSR count). The Balaban J connectivity index is 2.36. The van der Waals surface area contributed by atoms with Gasteiger partial charge < -0.3 is 4.74 Å². The first kappa shape index (κ1) is 11.7. The van der Waals surface area contributed by atoms with Gasteiger partial charge in [-0.05, 0) is 24.6 Å². The lowest BCUT2D eigenvalue weighted by molar-refractivity contribution is 0.0976. The van der Waals surface area contributed by atoms with Crippen LogP contribution >= 0.6 is 0 Å². The van der Waals surface area contributed by atoms with Crippen LogP contribution in [0.15, 0.2) is 36.4 Å². The van der Waals surface area contributed by atoms with Crippen LogP contribution in [0.3, 0.4) is 0 Å². The SMILES string of the molecule is COc1cc(C)cc2c1C(=O)c1ccccc1C2=O. The molecule has 0 saturated heterocycles.